The molecule has 0 heterocycles. The van der Waals surface area contributed by atoms with Gasteiger partial charge in [-0.2, -0.15) is 0 Å². The molecule has 0 aliphatic carbocycles. The van der Waals surface area contributed by atoms with Crippen molar-refractivity contribution < 1.29 is 9.47 Å². The average Bonchev–Trinajstić information content (AvgIpc) is 2.30. The second kappa shape index (κ2) is 8.11. The molecule has 0 radical (unpaired) electrons. The first kappa shape index (κ1) is 15.0. The molecular weight excluding hydrogens is 226 g/mol. The van der Waals surface area contributed by atoms with E-state index in [1.165, 1.54) is 16.7 Å². The van der Waals surface area contributed by atoms with E-state index in [9.17, 15) is 0 Å². The summed E-state index contributed by atoms with van der Waals surface area (Å²) in [5.41, 5.74) is 3.67. The van der Waals surface area contributed by atoms with Gasteiger partial charge in [0, 0.05) is 6.54 Å². The van der Waals surface area contributed by atoms with Crippen molar-refractivity contribution in [1.82, 2.24) is 5.32 Å². The summed E-state index contributed by atoms with van der Waals surface area (Å²) in [6, 6.07) is 4.29. The van der Waals surface area contributed by atoms with Gasteiger partial charge in [0.1, 0.15) is 12.4 Å². The zero-order valence-electron chi connectivity index (χ0n) is 12.0. The van der Waals surface area contributed by atoms with Gasteiger partial charge in [-0.05, 0) is 38.4 Å². The van der Waals surface area contributed by atoms with Gasteiger partial charge in [-0.3, -0.25) is 0 Å². The Morgan fingerprint density at radius 1 is 1.00 bits per heavy atom. The molecule has 1 aromatic rings. The third-order valence-corrected chi connectivity index (χ3v) is 2.75. The molecule has 3 heteroatoms. The van der Waals surface area contributed by atoms with Gasteiger partial charge >= 0.3 is 0 Å². The smallest absolute Gasteiger partial charge is 0.125 e. The lowest BCUT2D eigenvalue weighted by molar-refractivity contribution is 0.102. The van der Waals surface area contributed by atoms with Crippen molar-refractivity contribution in [3.05, 3.63) is 28.8 Å². The third kappa shape index (κ3) is 5.07. The predicted octanol–water partition coefficient (Wildman–Crippen LogP) is 2.62. The molecule has 0 amide bonds. The minimum atomic E-state index is 0.608. The van der Waals surface area contributed by atoms with Crippen LogP contribution in [0.25, 0.3) is 0 Å². The molecule has 1 aromatic carbocycles. The summed E-state index contributed by atoms with van der Waals surface area (Å²) in [5, 5.41) is 3.22. The van der Waals surface area contributed by atoms with E-state index < -0.39 is 0 Å². The third-order valence-electron chi connectivity index (χ3n) is 2.75. The van der Waals surface area contributed by atoms with Gasteiger partial charge in [-0.1, -0.05) is 24.6 Å². The molecule has 102 valence electrons. The zero-order valence-corrected chi connectivity index (χ0v) is 12.0. The molecule has 0 saturated carbocycles. The molecule has 0 spiro atoms. The molecule has 0 saturated heterocycles. The second-order valence-electron chi connectivity index (χ2n) is 4.54. The van der Waals surface area contributed by atoms with Crippen LogP contribution in [0.3, 0.4) is 0 Å². The molecule has 0 atom stereocenters. The Morgan fingerprint density at radius 3 is 2.28 bits per heavy atom. The fraction of sp³-hybridized carbons (Fsp3) is 0.600. The molecule has 0 aliphatic rings. The summed E-state index contributed by atoms with van der Waals surface area (Å²) in [6.45, 7) is 12.2. The number of nitrogens with one attached hydrogen (secondary N) is 1. The molecule has 0 aliphatic heterocycles. The lowest BCUT2D eigenvalue weighted by Crippen LogP contribution is -2.20. The summed E-state index contributed by atoms with van der Waals surface area (Å²) >= 11 is 0. The van der Waals surface area contributed by atoms with E-state index in [4.69, 9.17) is 9.47 Å². The number of hydrogen-bond donors (Lipinski definition) is 1. The van der Waals surface area contributed by atoms with Gasteiger partial charge in [0.25, 0.3) is 0 Å². The van der Waals surface area contributed by atoms with Crippen molar-refractivity contribution in [2.24, 2.45) is 0 Å². The maximum absolute atomic E-state index is 5.78. The quantitative estimate of drug-likeness (QED) is 0.720. The van der Waals surface area contributed by atoms with Crippen LogP contribution in [-0.2, 0) is 4.74 Å². The van der Waals surface area contributed by atoms with E-state index in [0.717, 1.165) is 25.4 Å². The van der Waals surface area contributed by atoms with Crippen LogP contribution >= 0.6 is 0 Å². The van der Waals surface area contributed by atoms with Gasteiger partial charge in [-0.15, -0.1) is 0 Å². The van der Waals surface area contributed by atoms with E-state index in [1.807, 2.05) is 0 Å². The van der Waals surface area contributed by atoms with Crippen LogP contribution in [-0.4, -0.2) is 32.9 Å². The van der Waals surface area contributed by atoms with Crippen LogP contribution < -0.4 is 10.1 Å². The highest BCUT2D eigenvalue weighted by molar-refractivity contribution is 5.42. The van der Waals surface area contributed by atoms with Gasteiger partial charge in [0.15, 0.2) is 0 Å². The Bertz CT molecular complexity index is 341. The standard InChI is InChI=1S/C15H25NO2/c1-5-16-6-7-17-8-9-18-15-13(3)10-12(2)11-14(15)4/h10-11,16H,5-9H2,1-4H3. The first-order valence-corrected chi connectivity index (χ1v) is 6.64. The number of benzene rings is 1. The Balaban J connectivity index is 2.27. The SMILES string of the molecule is CCNCCOCCOc1c(C)cc(C)cc1C. The Kier molecular flexibility index (Phi) is 6.76. The lowest BCUT2D eigenvalue weighted by Gasteiger charge is -2.13. The van der Waals surface area contributed by atoms with E-state index in [2.05, 4.69) is 45.1 Å². The molecule has 0 bridgehead atoms. The summed E-state index contributed by atoms with van der Waals surface area (Å²) in [6.07, 6.45) is 0. The van der Waals surface area contributed by atoms with Gasteiger partial charge in [0.2, 0.25) is 0 Å². The zero-order chi connectivity index (χ0) is 13.4. The van der Waals surface area contributed by atoms with Crippen LogP contribution in [0.1, 0.15) is 23.6 Å². The van der Waals surface area contributed by atoms with Crippen LogP contribution in [0.2, 0.25) is 0 Å². The minimum Gasteiger partial charge on any atom is -0.491 e. The van der Waals surface area contributed by atoms with E-state index >= 15 is 0 Å². The van der Waals surface area contributed by atoms with Gasteiger partial charge in [-0.25, -0.2) is 0 Å². The summed E-state index contributed by atoms with van der Waals surface area (Å²) in [7, 11) is 0. The lowest BCUT2D eigenvalue weighted by atomic mass is 10.1. The molecule has 1 rings (SSSR count). The van der Waals surface area contributed by atoms with Crippen molar-refractivity contribution in [1.29, 1.82) is 0 Å². The molecule has 18 heavy (non-hydrogen) atoms. The minimum absolute atomic E-state index is 0.608. The molecule has 3 nitrogen and oxygen atoms in total. The van der Waals surface area contributed by atoms with Crippen molar-refractivity contribution >= 4 is 0 Å². The summed E-state index contributed by atoms with van der Waals surface area (Å²) in [4.78, 5) is 0. The number of ether oxygens (including phenoxy) is 2. The molecule has 0 fully saturated rings. The van der Waals surface area contributed by atoms with Crippen LogP contribution in [0.5, 0.6) is 5.75 Å². The second-order valence-corrected chi connectivity index (χ2v) is 4.54. The first-order chi connectivity index (χ1) is 8.65. The number of rotatable bonds is 8. The van der Waals surface area contributed by atoms with E-state index in [-0.39, 0.29) is 0 Å². The monoisotopic (exact) mass is 251 g/mol. The Labute approximate surface area is 110 Å². The van der Waals surface area contributed by atoms with Crippen LogP contribution in [0, 0.1) is 20.8 Å². The van der Waals surface area contributed by atoms with Crippen molar-refractivity contribution in [2.45, 2.75) is 27.7 Å². The van der Waals surface area contributed by atoms with Crippen LogP contribution in [0.15, 0.2) is 12.1 Å². The highest BCUT2D eigenvalue weighted by Crippen LogP contribution is 2.24. The predicted molar refractivity (Wildman–Crippen MR) is 75.5 cm³/mol. The molecular formula is C15H25NO2. The fourth-order valence-corrected chi connectivity index (χ4v) is 2.02. The van der Waals surface area contributed by atoms with E-state index in [1.54, 1.807) is 0 Å². The largest absolute Gasteiger partial charge is 0.491 e. The van der Waals surface area contributed by atoms with Crippen molar-refractivity contribution in [3.8, 4) is 5.75 Å². The number of hydrogen-bond acceptors (Lipinski definition) is 3. The fourth-order valence-electron chi connectivity index (χ4n) is 2.02. The van der Waals surface area contributed by atoms with Crippen molar-refractivity contribution in [3.63, 3.8) is 0 Å². The first-order valence-electron chi connectivity index (χ1n) is 6.64. The normalized spacial score (nSPS) is 10.7. The maximum Gasteiger partial charge on any atom is 0.125 e. The number of likely N-dealkylation sites (N-methyl/N-ethyl adjacent to an activating group) is 1. The van der Waals surface area contributed by atoms with Crippen molar-refractivity contribution in [2.75, 3.05) is 32.9 Å². The summed E-state index contributed by atoms with van der Waals surface area (Å²) in [5.74, 6) is 0.996. The highest BCUT2D eigenvalue weighted by Gasteiger charge is 2.04. The summed E-state index contributed by atoms with van der Waals surface area (Å²) < 4.78 is 11.3. The number of aryl methyl sites for hydroxylation is 3. The maximum atomic E-state index is 5.78. The van der Waals surface area contributed by atoms with E-state index in [0.29, 0.717) is 13.2 Å². The highest BCUT2D eigenvalue weighted by atomic mass is 16.5. The molecule has 0 aromatic heterocycles. The van der Waals surface area contributed by atoms with Gasteiger partial charge in [0.05, 0.1) is 13.2 Å². The molecule has 0 unspecified atom stereocenters. The Hall–Kier alpha value is -1.06. The Morgan fingerprint density at radius 2 is 1.67 bits per heavy atom. The van der Waals surface area contributed by atoms with Crippen LogP contribution in [0.4, 0.5) is 0 Å². The molecule has 1 N–H and O–H groups in total. The average molecular weight is 251 g/mol. The van der Waals surface area contributed by atoms with Gasteiger partial charge < -0.3 is 14.8 Å². The topological polar surface area (TPSA) is 30.5 Å².